The van der Waals surface area contributed by atoms with E-state index in [0.29, 0.717) is 34.8 Å². The second-order valence-electron chi connectivity index (χ2n) is 5.24. The number of nitrogens with zero attached hydrogens (tertiary/aromatic N) is 5. The summed E-state index contributed by atoms with van der Waals surface area (Å²) >= 11 is 0. The van der Waals surface area contributed by atoms with Crippen LogP contribution in [0.1, 0.15) is 0 Å². The van der Waals surface area contributed by atoms with Crippen molar-refractivity contribution in [2.45, 2.75) is 6.54 Å². The molecule has 2 amide bonds. The smallest absolute Gasteiger partial charge is 0.325 e. The van der Waals surface area contributed by atoms with E-state index < -0.39 is 12.0 Å². The number of amides is 2. The van der Waals surface area contributed by atoms with Gasteiger partial charge in [0.05, 0.1) is 18.1 Å². The van der Waals surface area contributed by atoms with Crippen LogP contribution in [0.4, 0.5) is 10.6 Å². The number of anilines is 1. The highest BCUT2D eigenvalue weighted by Crippen LogP contribution is 2.18. The maximum atomic E-state index is 11.7. The highest BCUT2D eigenvalue weighted by molar-refractivity contribution is 5.89. The molecule has 0 saturated carbocycles. The molecule has 0 fully saturated rings. The van der Waals surface area contributed by atoms with Crippen molar-refractivity contribution in [3.63, 3.8) is 0 Å². The quantitative estimate of drug-likeness (QED) is 0.568. The van der Waals surface area contributed by atoms with Crippen molar-refractivity contribution in [3.8, 4) is 11.3 Å². The van der Waals surface area contributed by atoms with Crippen LogP contribution < -0.4 is 10.6 Å². The summed E-state index contributed by atoms with van der Waals surface area (Å²) in [4.78, 5) is 35.4. The fourth-order valence-corrected chi connectivity index (χ4v) is 2.15. The highest BCUT2D eigenvalue weighted by atomic mass is 16.4. The van der Waals surface area contributed by atoms with E-state index in [1.165, 1.54) is 10.9 Å². The minimum absolute atomic E-state index is 0.243. The molecular formula is C16H15N7O3. The third kappa shape index (κ3) is 3.98. The van der Waals surface area contributed by atoms with Crippen LogP contribution in [0.3, 0.4) is 0 Å². The SMILES string of the molecule is C=CCNC(=O)Nc1ccc2ncc(-c3cnn(CC(=O)O)c3)nc2n1. The fourth-order valence-electron chi connectivity index (χ4n) is 2.15. The van der Waals surface area contributed by atoms with Gasteiger partial charge in [0, 0.05) is 18.3 Å². The number of fused-ring (bicyclic) bond motifs is 1. The summed E-state index contributed by atoms with van der Waals surface area (Å²) in [5, 5.41) is 17.9. The average Bonchev–Trinajstić information content (AvgIpc) is 3.07. The lowest BCUT2D eigenvalue weighted by atomic mass is 10.2. The Labute approximate surface area is 147 Å². The van der Waals surface area contributed by atoms with Crippen LogP contribution in [0.15, 0.2) is 43.4 Å². The van der Waals surface area contributed by atoms with Crippen LogP contribution in [0, 0.1) is 0 Å². The molecule has 0 atom stereocenters. The molecule has 10 nitrogen and oxygen atoms in total. The van der Waals surface area contributed by atoms with Gasteiger partial charge in [-0.05, 0) is 12.1 Å². The zero-order valence-electron chi connectivity index (χ0n) is 13.6. The first kappa shape index (κ1) is 17.0. The third-order valence-corrected chi connectivity index (χ3v) is 3.28. The number of hydrogen-bond donors (Lipinski definition) is 3. The number of urea groups is 1. The van der Waals surface area contributed by atoms with E-state index in [1.54, 1.807) is 30.6 Å². The summed E-state index contributed by atoms with van der Waals surface area (Å²) in [6, 6.07) is 2.90. The van der Waals surface area contributed by atoms with Gasteiger partial charge in [0.25, 0.3) is 0 Å². The van der Waals surface area contributed by atoms with E-state index in [-0.39, 0.29) is 6.54 Å². The van der Waals surface area contributed by atoms with Crippen molar-refractivity contribution in [1.82, 2.24) is 30.0 Å². The summed E-state index contributed by atoms with van der Waals surface area (Å²) in [6.07, 6.45) is 6.18. The minimum atomic E-state index is -0.989. The van der Waals surface area contributed by atoms with Gasteiger partial charge in [-0.25, -0.2) is 14.8 Å². The van der Waals surface area contributed by atoms with Gasteiger partial charge in [-0.3, -0.25) is 19.8 Å². The van der Waals surface area contributed by atoms with Gasteiger partial charge in [-0.2, -0.15) is 5.10 Å². The number of aromatic nitrogens is 5. The third-order valence-electron chi connectivity index (χ3n) is 3.28. The number of rotatable bonds is 6. The Morgan fingerprint density at radius 3 is 2.88 bits per heavy atom. The first-order valence-corrected chi connectivity index (χ1v) is 7.59. The summed E-state index contributed by atoms with van der Waals surface area (Å²) in [6.45, 7) is 3.61. The van der Waals surface area contributed by atoms with E-state index in [9.17, 15) is 9.59 Å². The summed E-state index contributed by atoms with van der Waals surface area (Å²) < 4.78 is 1.29. The molecule has 132 valence electrons. The summed E-state index contributed by atoms with van der Waals surface area (Å²) in [7, 11) is 0. The number of aliphatic carboxylic acids is 1. The molecule has 10 heteroatoms. The normalized spacial score (nSPS) is 10.5. The number of carboxylic acids is 1. The van der Waals surface area contributed by atoms with Gasteiger partial charge in [0.1, 0.15) is 17.9 Å². The van der Waals surface area contributed by atoms with Crippen molar-refractivity contribution in [3.05, 3.63) is 43.4 Å². The molecular weight excluding hydrogens is 338 g/mol. The first-order chi connectivity index (χ1) is 12.5. The molecule has 0 aliphatic carbocycles. The summed E-state index contributed by atoms with van der Waals surface area (Å²) in [5.41, 5.74) is 2.01. The molecule has 3 N–H and O–H groups in total. The Bertz CT molecular complexity index is 983. The van der Waals surface area contributed by atoms with E-state index in [2.05, 4.69) is 37.3 Å². The molecule has 0 unspecified atom stereocenters. The Kier molecular flexibility index (Phi) is 4.83. The summed E-state index contributed by atoms with van der Waals surface area (Å²) in [5.74, 6) is -0.663. The molecule has 0 bridgehead atoms. The van der Waals surface area contributed by atoms with E-state index in [4.69, 9.17) is 5.11 Å². The lowest BCUT2D eigenvalue weighted by Crippen LogP contribution is -2.28. The number of nitrogens with one attached hydrogen (secondary N) is 2. The zero-order valence-corrected chi connectivity index (χ0v) is 13.6. The fraction of sp³-hybridized carbons (Fsp3) is 0.125. The lowest BCUT2D eigenvalue weighted by molar-refractivity contribution is -0.137. The molecule has 0 aliphatic heterocycles. The van der Waals surface area contributed by atoms with E-state index >= 15 is 0 Å². The van der Waals surface area contributed by atoms with Crippen LogP contribution in [-0.2, 0) is 11.3 Å². The van der Waals surface area contributed by atoms with Gasteiger partial charge < -0.3 is 10.4 Å². The van der Waals surface area contributed by atoms with Gasteiger partial charge in [0.15, 0.2) is 5.65 Å². The Balaban J connectivity index is 1.84. The molecule has 3 aromatic rings. The van der Waals surface area contributed by atoms with Crippen molar-refractivity contribution in [2.75, 3.05) is 11.9 Å². The van der Waals surface area contributed by atoms with Gasteiger partial charge in [0.2, 0.25) is 0 Å². The molecule has 0 aliphatic rings. The topological polar surface area (TPSA) is 135 Å². The van der Waals surface area contributed by atoms with Gasteiger partial charge >= 0.3 is 12.0 Å². The van der Waals surface area contributed by atoms with Crippen molar-refractivity contribution in [2.24, 2.45) is 0 Å². The lowest BCUT2D eigenvalue weighted by Gasteiger charge is -2.06. The molecule has 0 spiro atoms. The van der Waals surface area contributed by atoms with Gasteiger partial charge in [-0.1, -0.05) is 6.08 Å². The largest absolute Gasteiger partial charge is 0.480 e. The highest BCUT2D eigenvalue weighted by Gasteiger charge is 2.09. The van der Waals surface area contributed by atoms with Crippen LogP contribution in [0.25, 0.3) is 22.4 Å². The standard InChI is InChI=1S/C16H15N7O3/c1-2-5-17-16(26)22-13-4-3-11-15(21-13)20-12(7-18-11)10-6-19-23(8-10)9-14(24)25/h2-4,6-8H,1,5,9H2,(H,24,25)(H2,17,20,21,22,26). The second kappa shape index (κ2) is 7.38. The van der Waals surface area contributed by atoms with Crippen LogP contribution in [-0.4, -0.2) is 48.4 Å². The zero-order chi connectivity index (χ0) is 18.5. The minimum Gasteiger partial charge on any atom is -0.480 e. The maximum Gasteiger partial charge on any atom is 0.325 e. The average molecular weight is 353 g/mol. The molecule has 3 rings (SSSR count). The Morgan fingerprint density at radius 2 is 2.12 bits per heavy atom. The van der Waals surface area contributed by atoms with Gasteiger partial charge in [-0.15, -0.1) is 6.58 Å². The second-order valence-corrected chi connectivity index (χ2v) is 5.24. The molecule has 0 aromatic carbocycles. The van der Waals surface area contributed by atoms with Crippen LogP contribution in [0.5, 0.6) is 0 Å². The maximum absolute atomic E-state index is 11.7. The molecule has 0 saturated heterocycles. The van der Waals surface area contributed by atoms with E-state index in [1.807, 2.05) is 0 Å². The van der Waals surface area contributed by atoms with Crippen molar-refractivity contribution >= 4 is 29.0 Å². The van der Waals surface area contributed by atoms with Crippen LogP contribution >= 0.6 is 0 Å². The van der Waals surface area contributed by atoms with E-state index in [0.717, 1.165) is 0 Å². The number of pyridine rings is 1. The molecule has 3 aromatic heterocycles. The number of carbonyl (C=O) groups is 2. The molecule has 3 heterocycles. The predicted molar refractivity (Wildman–Crippen MR) is 93.4 cm³/mol. The number of carbonyl (C=O) groups excluding carboxylic acids is 1. The van der Waals surface area contributed by atoms with Crippen molar-refractivity contribution in [1.29, 1.82) is 0 Å². The first-order valence-electron chi connectivity index (χ1n) is 7.59. The van der Waals surface area contributed by atoms with Crippen molar-refractivity contribution < 1.29 is 14.7 Å². The molecule has 26 heavy (non-hydrogen) atoms. The predicted octanol–water partition coefficient (Wildman–Crippen LogP) is 1.28. The van der Waals surface area contributed by atoms with Crippen LogP contribution in [0.2, 0.25) is 0 Å². The number of hydrogen-bond acceptors (Lipinski definition) is 6. The Hall–Kier alpha value is -3.82. The number of carboxylic acid groups (broad SMARTS) is 1. The monoisotopic (exact) mass is 353 g/mol. The Morgan fingerprint density at radius 1 is 1.27 bits per heavy atom. The molecule has 0 radical (unpaired) electrons.